The van der Waals surface area contributed by atoms with Crippen molar-refractivity contribution in [3.63, 3.8) is 0 Å². The molecule has 3 N–H and O–H groups in total. The van der Waals surface area contributed by atoms with Crippen LogP contribution >= 0.6 is 15.9 Å². The monoisotopic (exact) mass is 261 g/mol. The lowest BCUT2D eigenvalue weighted by Gasteiger charge is -2.09. The fraction of sp³-hybridized carbons (Fsp3) is 0.222. The fourth-order valence-corrected chi connectivity index (χ4v) is 1.58. The first-order chi connectivity index (χ1) is 6.49. The van der Waals surface area contributed by atoms with Crippen LogP contribution in [-0.4, -0.2) is 11.1 Å². The van der Waals surface area contributed by atoms with Crippen LogP contribution in [0.4, 0.5) is 4.39 Å². The van der Waals surface area contributed by atoms with E-state index in [1.165, 1.54) is 12.1 Å². The van der Waals surface area contributed by atoms with Crippen molar-refractivity contribution < 1.29 is 14.3 Å². The summed E-state index contributed by atoms with van der Waals surface area (Å²) in [6.45, 7) is 0. The molecule has 3 nitrogen and oxygen atoms in total. The molecule has 1 rings (SSSR count). The Balaban J connectivity index is 2.89. The van der Waals surface area contributed by atoms with Crippen LogP contribution in [0.1, 0.15) is 18.0 Å². The highest BCUT2D eigenvalue weighted by molar-refractivity contribution is 9.10. The molecule has 0 spiro atoms. The van der Waals surface area contributed by atoms with Crippen molar-refractivity contribution in [1.82, 2.24) is 0 Å². The third-order valence-electron chi connectivity index (χ3n) is 1.71. The van der Waals surface area contributed by atoms with Crippen molar-refractivity contribution in [1.29, 1.82) is 0 Å². The van der Waals surface area contributed by atoms with Gasteiger partial charge in [-0.05, 0) is 23.8 Å². The first kappa shape index (κ1) is 11.1. The number of carbonyl (C=O) groups is 1. The maximum Gasteiger partial charge on any atom is 0.305 e. The van der Waals surface area contributed by atoms with Gasteiger partial charge >= 0.3 is 5.97 Å². The van der Waals surface area contributed by atoms with Crippen LogP contribution in [0.2, 0.25) is 0 Å². The molecule has 0 fully saturated rings. The van der Waals surface area contributed by atoms with Crippen molar-refractivity contribution in [2.45, 2.75) is 12.5 Å². The second kappa shape index (κ2) is 4.52. The van der Waals surface area contributed by atoms with E-state index in [1.54, 1.807) is 6.07 Å². The molecule has 76 valence electrons. The smallest absolute Gasteiger partial charge is 0.305 e. The predicted octanol–water partition coefficient (Wildman–Crippen LogP) is 2.06. The minimum absolute atomic E-state index is 0.212. The second-order valence-electron chi connectivity index (χ2n) is 2.91. The molecule has 0 saturated carbocycles. The number of hydrogen-bond donors (Lipinski definition) is 2. The third-order valence-corrected chi connectivity index (χ3v) is 2.17. The maximum absolute atomic E-state index is 12.9. The Morgan fingerprint density at radius 3 is 2.71 bits per heavy atom. The van der Waals surface area contributed by atoms with Gasteiger partial charge in [0, 0.05) is 10.5 Å². The van der Waals surface area contributed by atoms with Crippen LogP contribution in [0.25, 0.3) is 0 Å². The highest BCUT2D eigenvalue weighted by Crippen LogP contribution is 2.20. The van der Waals surface area contributed by atoms with Crippen LogP contribution in [0.3, 0.4) is 0 Å². The quantitative estimate of drug-likeness (QED) is 0.876. The van der Waals surface area contributed by atoms with E-state index in [9.17, 15) is 9.18 Å². The zero-order valence-electron chi connectivity index (χ0n) is 7.21. The Bertz CT molecular complexity index is 336. The number of carboxylic acids is 1. The number of carboxylic acid groups (broad SMARTS) is 1. The molecule has 0 aliphatic carbocycles. The Hall–Kier alpha value is -0.940. The summed E-state index contributed by atoms with van der Waals surface area (Å²) in [6, 6.07) is 3.45. The van der Waals surface area contributed by atoms with Crippen LogP contribution < -0.4 is 5.73 Å². The number of benzene rings is 1. The summed E-state index contributed by atoms with van der Waals surface area (Å²) in [5, 5.41) is 8.50. The van der Waals surface area contributed by atoms with Crippen molar-refractivity contribution in [2.75, 3.05) is 0 Å². The third kappa shape index (κ3) is 3.08. The van der Waals surface area contributed by atoms with E-state index >= 15 is 0 Å². The van der Waals surface area contributed by atoms with E-state index in [4.69, 9.17) is 10.8 Å². The topological polar surface area (TPSA) is 63.3 Å². The second-order valence-corrected chi connectivity index (χ2v) is 3.82. The first-order valence-electron chi connectivity index (χ1n) is 3.92. The molecule has 0 unspecified atom stereocenters. The summed E-state index contributed by atoms with van der Waals surface area (Å²) in [7, 11) is 0. The Morgan fingerprint density at radius 2 is 2.21 bits per heavy atom. The van der Waals surface area contributed by atoms with Crippen molar-refractivity contribution in [2.24, 2.45) is 5.73 Å². The van der Waals surface area contributed by atoms with E-state index in [-0.39, 0.29) is 6.42 Å². The van der Waals surface area contributed by atoms with Gasteiger partial charge in [0.2, 0.25) is 0 Å². The maximum atomic E-state index is 12.9. The van der Waals surface area contributed by atoms with E-state index in [0.717, 1.165) is 0 Å². The lowest BCUT2D eigenvalue weighted by Crippen LogP contribution is -2.15. The lowest BCUT2D eigenvalue weighted by atomic mass is 10.1. The summed E-state index contributed by atoms with van der Waals surface area (Å²) in [6.07, 6.45) is -0.212. The molecule has 1 aromatic rings. The van der Waals surface area contributed by atoms with Gasteiger partial charge in [0.1, 0.15) is 5.82 Å². The van der Waals surface area contributed by atoms with Crippen LogP contribution in [0.5, 0.6) is 0 Å². The van der Waals surface area contributed by atoms with Gasteiger partial charge in [-0.1, -0.05) is 15.9 Å². The average Bonchev–Trinajstić information content (AvgIpc) is 2.00. The molecule has 0 aromatic heterocycles. The lowest BCUT2D eigenvalue weighted by molar-refractivity contribution is -0.137. The van der Waals surface area contributed by atoms with Gasteiger partial charge in [-0.15, -0.1) is 0 Å². The normalized spacial score (nSPS) is 12.5. The molecule has 5 heteroatoms. The van der Waals surface area contributed by atoms with Crippen LogP contribution in [0.15, 0.2) is 22.7 Å². The van der Waals surface area contributed by atoms with E-state index < -0.39 is 17.8 Å². The van der Waals surface area contributed by atoms with Gasteiger partial charge in [-0.3, -0.25) is 4.79 Å². The molecule has 0 aliphatic heterocycles. The molecular formula is C9H9BrFNO2. The zero-order valence-corrected chi connectivity index (χ0v) is 8.79. The van der Waals surface area contributed by atoms with Gasteiger partial charge in [0.05, 0.1) is 6.42 Å². The van der Waals surface area contributed by atoms with Crippen molar-refractivity contribution in [3.05, 3.63) is 34.1 Å². The van der Waals surface area contributed by atoms with E-state index in [0.29, 0.717) is 10.0 Å². The van der Waals surface area contributed by atoms with Crippen LogP contribution in [-0.2, 0) is 4.79 Å². The van der Waals surface area contributed by atoms with Crippen LogP contribution in [0, 0.1) is 5.82 Å². The Labute approximate surface area is 88.9 Å². The molecule has 0 bridgehead atoms. The number of hydrogen-bond acceptors (Lipinski definition) is 2. The minimum atomic E-state index is -1.00. The molecule has 0 saturated heterocycles. The van der Waals surface area contributed by atoms with Gasteiger partial charge in [0.25, 0.3) is 0 Å². The molecule has 14 heavy (non-hydrogen) atoms. The Morgan fingerprint density at radius 1 is 1.57 bits per heavy atom. The zero-order chi connectivity index (χ0) is 10.7. The Kier molecular flexibility index (Phi) is 3.60. The molecule has 0 heterocycles. The summed E-state index contributed by atoms with van der Waals surface area (Å²) >= 11 is 3.10. The highest BCUT2D eigenvalue weighted by atomic mass is 79.9. The molecule has 0 radical (unpaired) electrons. The molecule has 0 amide bonds. The largest absolute Gasteiger partial charge is 0.481 e. The summed E-state index contributed by atoms with van der Waals surface area (Å²) in [5.41, 5.74) is 6.04. The predicted molar refractivity (Wildman–Crippen MR) is 53.3 cm³/mol. The van der Waals surface area contributed by atoms with Gasteiger partial charge in [0.15, 0.2) is 0 Å². The van der Waals surface area contributed by atoms with Gasteiger partial charge in [-0.2, -0.15) is 0 Å². The standard InChI is InChI=1S/C9H9BrFNO2/c10-6-1-5(2-7(11)3-6)8(12)4-9(13)14/h1-3,8H,4,12H2,(H,13,14)/t8-/m1/s1. The molecule has 0 aliphatic rings. The summed E-state index contributed by atoms with van der Waals surface area (Å²) < 4.78 is 13.4. The van der Waals surface area contributed by atoms with Gasteiger partial charge in [-0.25, -0.2) is 4.39 Å². The first-order valence-corrected chi connectivity index (χ1v) is 4.71. The summed E-state index contributed by atoms with van der Waals surface area (Å²) in [5.74, 6) is -1.44. The highest BCUT2D eigenvalue weighted by Gasteiger charge is 2.11. The van der Waals surface area contributed by atoms with E-state index in [2.05, 4.69) is 15.9 Å². The average molecular weight is 262 g/mol. The van der Waals surface area contributed by atoms with E-state index in [1.807, 2.05) is 0 Å². The molecular weight excluding hydrogens is 253 g/mol. The number of nitrogens with two attached hydrogens (primary N) is 1. The van der Waals surface area contributed by atoms with Gasteiger partial charge < -0.3 is 10.8 Å². The van der Waals surface area contributed by atoms with Crippen molar-refractivity contribution >= 4 is 21.9 Å². The molecule has 1 aromatic carbocycles. The minimum Gasteiger partial charge on any atom is -0.481 e. The molecule has 1 atom stereocenters. The number of rotatable bonds is 3. The van der Waals surface area contributed by atoms with Crippen molar-refractivity contribution in [3.8, 4) is 0 Å². The fourth-order valence-electron chi connectivity index (χ4n) is 1.10. The summed E-state index contributed by atoms with van der Waals surface area (Å²) in [4.78, 5) is 10.4. The number of halogens is 2. The number of aliphatic carboxylic acids is 1. The SMILES string of the molecule is N[C@H](CC(=O)O)c1cc(F)cc(Br)c1.